The van der Waals surface area contributed by atoms with E-state index in [2.05, 4.69) is 43.1 Å². The van der Waals surface area contributed by atoms with Crippen LogP contribution < -0.4 is 0 Å². The lowest BCUT2D eigenvalue weighted by Crippen LogP contribution is -1.92. The van der Waals surface area contributed by atoms with Crippen LogP contribution in [0.25, 0.3) is 10.9 Å². The maximum absolute atomic E-state index is 4.45. The number of rotatable bonds is 2. The summed E-state index contributed by atoms with van der Waals surface area (Å²) in [6.07, 6.45) is 3.16. The molecular weight excluding hydrogens is 170 g/mol. The van der Waals surface area contributed by atoms with Crippen molar-refractivity contribution in [1.82, 2.24) is 4.98 Å². The molecule has 1 atom stereocenters. The Bertz CT molecular complexity index is 434. The van der Waals surface area contributed by atoms with Gasteiger partial charge in [-0.05, 0) is 30.0 Å². The molecule has 1 aromatic carbocycles. The van der Waals surface area contributed by atoms with E-state index in [9.17, 15) is 0 Å². The van der Waals surface area contributed by atoms with E-state index in [1.54, 1.807) is 0 Å². The number of hydrogen-bond acceptors (Lipinski definition) is 1. The van der Waals surface area contributed by atoms with Gasteiger partial charge in [-0.3, -0.25) is 4.98 Å². The second-order valence-corrected chi connectivity index (χ2v) is 3.77. The van der Waals surface area contributed by atoms with Crippen molar-refractivity contribution in [3.63, 3.8) is 0 Å². The molecule has 2 aromatic rings. The van der Waals surface area contributed by atoms with Crippen LogP contribution in [0.15, 0.2) is 36.5 Å². The zero-order valence-corrected chi connectivity index (χ0v) is 8.70. The molecule has 1 aromatic heterocycles. The Morgan fingerprint density at radius 3 is 2.86 bits per heavy atom. The number of nitrogens with zero attached hydrogens (tertiary/aromatic N) is 1. The summed E-state index contributed by atoms with van der Waals surface area (Å²) < 4.78 is 0. The van der Waals surface area contributed by atoms with E-state index in [0.29, 0.717) is 5.92 Å². The van der Waals surface area contributed by atoms with Crippen LogP contribution in [-0.4, -0.2) is 4.98 Å². The molecule has 14 heavy (non-hydrogen) atoms. The maximum Gasteiger partial charge on any atom is 0.0702 e. The van der Waals surface area contributed by atoms with Crippen LogP contribution in [0.3, 0.4) is 0 Å². The highest BCUT2D eigenvalue weighted by molar-refractivity contribution is 5.78. The summed E-state index contributed by atoms with van der Waals surface area (Å²) in [7, 11) is 0. The van der Waals surface area contributed by atoms with Crippen molar-refractivity contribution in [3.8, 4) is 0 Å². The SMILES string of the molecule is CC[C@H](C)c1cnc2ccccc2c1. The van der Waals surface area contributed by atoms with E-state index in [0.717, 1.165) is 5.52 Å². The van der Waals surface area contributed by atoms with Gasteiger partial charge < -0.3 is 0 Å². The molecule has 72 valence electrons. The van der Waals surface area contributed by atoms with Crippen LogP contribution in [-0.2, 0) is 0 Å². The monoisotopic (exact) mass is 185 g/mol. The predicted molar refractivity (Wildman–Crippen MR) is 60.4 cm³/mol. The first-order chi connectivity index (χ1) is 6.81. The largest absolute Gasteiger partial charge is 0.256 e. The topological polar surface area (TPSA) is 12.9 Å². The van der Waals surface area contributed by atoms with Crippen LogP contribution in [0.4, 0.5) is 0 Å². The zero-order chi connectivity index (χ0) is 9.97. The van der Waals surface area contributed by atoms with Crippen LogP contribution in [0.1, 0.15) is 31.7 Å². The molecule has 1 heterocycles. The quantitative estimate of drug-likeness (QED) is 0.694. The standard InChI is InChI=1S/C13H15N/c1-3-10(2)12-8-11-6-4-5-7-13(11)14-9-12/h4-10H,3H2,1-2H3/t10-/m0/s1. The average molecular weight is 185 g/mol. The Morgan fingerprint density at radius 2 is 2.07 bits per heavy atom. The highest BCUT2D eigenvalue weighted by Gasteiger charge is 2.03. The molecule has 0 fully saturated rings. The molecule has 0 saturated carbocycles. The van der Waals surface area contributed by atoms with Gasteiger partial charge in [0.2, 0.25) is 0 Å². The summed E-state index contributed by atoms with van der Waals surface area (Å²) in [6, 6.07) is 10.5. The minimum Gasteiger partial charge on any atom is -0.256 e. The lowest BCUT2D eigenvalue weighted by molar-refractivity contribution is 0.731. The number of pyridine rings is 1. The zero-order valence-electron chi connectivity index (χ0n) is 8.70. The van der Waals surface area contributed by atoms with Crippen LogP contribution >= 0.6 is 0 Å². The molecule has 1 heteroatoms. The first kappa shape index (κ1) is 9.20. The minimum absolute atomic E-state index is 0.604. The van der Waals surface area contributed by atoms with Gasteiger partial charge in [-0.1, -0.05) is 32.0 Å². The average Bonchev–Trinajstić information content (AvgIpc) is 2.27. The molecule has 1 nitrogen and oxygen atoms in total. The van der Waals surface area contributed by atoms with Crippen molar-refractivity contribution in [2.45, 2.75) is 26.2 Å². The fraction of sp³-hybridized carbons (Fsp3) is 0.308. The van der Waals surface area contributed by atoms with Crippen molar-refractivity contribution in [3.05, 3.63) is 42.1 Å². The van der Waals surface area contributed by atoms with Gasteiger partial charge in [0.25, 0.3) is 0 Å². The third-order valence-corrected chi connectivity index (χ3v) is 2.79. The Balaban J connectivity index is 2.51. The van der Waals surface area contributed by atoms with E-state index in [-0.39, 0.29) is 0 Å². The van der Waals surface area contributed by atoms with Gasteiger partial charge >= 0.3 is 0 Å². The van der Waals surface area contributed by atoms with Crippen LogP contribution in [0.2, 0.25) is 0 Å². The fourth-order valence-corrected chi connectivity index (χ4v) is 1.59. The first-order valence-corrected chi connectivity index (χ1v) is 5.16. The Morgan fingerprint density at radius 1 is 1.29 bits per heavy atom. The maximum atomic E-state index is 4.45. The van der Waals surface area contributed by atoms with Gasteiger partial charge in [-0.15, -0.1) is 0 Å². The van der Waals surface area contributed by atoms with Gasteiger partial charge in [-0.25, -0.2) is 0 Å². The number of benzene rings is 1. The fourth-order valence-electron chi connectivity index (χ4n) is 1.59. The van der Waals surface area contributed by atoms with Gasteiger partial charge in [0.05, 0.1) is 5.52 Å². The summed E-state index contributed by atoms with van der Waals surface area (Å²) in [5, 5.41) is 1.24. The predicted octanol–water partition coefficient (Wildman–Crippen LogP) is 3.75. The lowest BCUT2D eigenvalue weighted by Gasteiger charge is -2.08. The number of aromatic nitrogens is 1. The number of fused-ring (bicyclic) bond motifs is 1. The van der Waals surface area contributed by atoms with E-state index in [1.807, 2.05) is 12.3 Å². The number of para-hydroxylation sites is 1. The lowest BCUT2D eigenvalue weighted by atomic mass is 9.99. The second kappa shape index (κ2) is 3.79. The second-order valence-electron chi connectivity index (χ2n) is 3.77. The molecule has 0 spiro atoms. The molecule has 0 bridgehead atoms. The van der Waals surface area contributed by atoms with Crippen LogP contribution in [0, 0.1) is 0 Å². The summed E-state index contributed by atoms with van der Waals surface area (Å²) in [5.41, 5.74) is 2.42. The Kier molecular flexibility index (Phi) is 2.49. The van der Waals surface area contributed by atoms with Crippen molar-refractivity contribution in [2.24, 2.45) is 0 Å². The summed E-state index contributed by atoms with van der Waals surface area (Å²) in [5.74, 6) is 0.604. The van der Waals surface area contributed by atoms with Crippen molar-refractivity contribution in [2.75, 3.05) is 0 Å². The van der Waals surface area contributed by atoms with Gasteiger partial charge in [0.15, 0.2) is 0 Å². The summed E-state index contributed by atoms with van der Waals surface area (Å²) in [6.45, 7) is 4.45. The third kappa shape index (κ3) is 1.63. The van der Waals surface area contributed by atoms with Crippen molar-refractivity contribution in [1.29, 1.82) is 0 Å². The van der Waals surface area contributed by atoms with Crippen LogP contribution in [0.5, 0.6) is 0 Å². The minimum atomic E-state index is 0.604. The molecule has 0 saturated heterocycles. The first-order valence-electron chi connectivity index (χ1n) is 5.16. The Hall–Kier alpha value is -1.37. The summed E-state index contributed by atoms with van der Waals surface area (Å²) in [4.78, 5) is 4.45. The van der Waals surface area contributed by atoms with E-state index >= 15 is 0 Å². The van der Waals surface area contributed by atoms with Crippen molar-refractivity contribution >= 4 is 10.9 Å². The molecule has 0 radical (unpaired) electrons. The highest BCUT2D eigenvalue weighted by atomic mass is 14.6. The van der Waals surface area contributed by atoms with Gasteiger partial charge in [0.1, 0.15) is 0 Å². The molecule has 2 rings (SSSR count). The van der Waals surface area contributed by atoms with Gasteiger partial charge in [0, 0.05) is 11.6 Å². The summed E-state index contributed by atoms with van der Waals surface area (Å²) >= 11 is 0. The Labute approximate surface area is 84.8 Å². The van der Waals surface area contributed by atoms with E-state index in [4.69, 9.17) is 0 Å². The molecule has 0 aliphatic rings. The molecular formula is C13H15N. The highest BCUT2D eigenvalue weighted by Crippen LogP contribution is 2.21. The van der Waals surface area contributed by atoms with E-state index < -0.39 is 0 Å². The normalized spacial score (nSPS) is 13.0. The van der Waals surface area contributed by atoms with Crippen molar-refractivity contribution < 1.29 is 0 Å². The molecule has 0 amide bonds. The smallest absolute Gasteiger partial charge is 0.0702 e. The molecule has 0 aliphatic heterocycles. The molecule has 0 unspecified atom stereocenters. The van der Waals surface area contributed by atoms with E-state index in [1.165, 1.54) is 17.4 Å². The molecule has 0 aliphatic carbocycles. The molecule has 0 N–H and O–H groups in total. The number of hydrogen-bond donors (Lipinski definition) is 0. The third-order valence-electron chi connectivity index (χ3n) is 2.79. The van der Waals surface area contributed by atoms with Gasteiger partial charge in [-0.2, -0.15) is 0 Å².